The summed E-state index contributed by atoms with van der Waals surface area (Å²) in [5.41, 5.74) is 0. The fraction of sp³-hybridized carbons (Fsp3) is 0.389. The Balaban J connectivity index is 3.68. The first kappa shape index (κ1) is 18.2. The number of hydrogen-bond acceptors (Lipinski definition) is 1. The van der Waals surface area contributed by atoms with Crippen molar-refractivity contribution in [1.82, 2.24) is 5.32 Å². The Kier molecular flexibility index (Phi) is 12.4. The van der Waals surface area contributed by atoms with Crippen LogP contribution in [0.3, 0.4) is 0 Å². The second-order valence-electron chi connectivity index (χ2n) is 4.84. The van der Waals surface area contributed by atoms with Gasteiger partial charge in [0.05, 0.1) is 0 Å². The van der Waals surface area contributed by atoms with Crippen molar-refractivity contribution in [2.24, 2.45) is 5.92 Å². The van der Waals surface area contributed by atoms with Gasteiger partial charge in [-0.2, -0.15) is 0 Å². The topological polar surface area (TPSA) is 29.1 Å². The number of nitrogens with one attached hydrogen (secondary N) is 1. The van der Waals surface area contributed by atoms with Crippen molar-refractivity contribution in [3.63, 3.8) is 0 Å². The van der Waals surface area contributed by atoms with Crippen molar-refractivity contribution in [2.75, 3.05) is 6.54 Å². The fourth-order valence-electron chi connectivity index (χ4n) is 1.29. The smallest absolute Gasteiger partial charge is 0.243 e. The van der Waals surface area contributed by atoms with Crippen LogP contribution in [0, 0.1) is 5.92 Å². The molecule has 0 unspecified atom stereocenters. The SMILES string of the molecule is C/C=C/C=C/C=C\CC/C=C/C=C/C(=O)NCC(C)C. The normalized spacial score (nSPS) is 13.0. The molecule has 0 aromatic heterocycles. The summed E-state index contributed by atoms with van der Waals surface area (Å²) in [6.45, 7) is 6.87. The van der Waals surface area contributed by atoms with Gasteiger partial charge in [-0.05, 0) is 25.7 Å². The number of amides is 1. The Morgan fingerprint density at radius 1 is 0.950 bits per heavy atom. The molecule has 0 saturated carbocycles. The van der Waals surface area contributed by atoms with Gasteiger partial charge in [0.25, 0.3) is 0 Å². The van der Waals surface area contributed by atoms with E-state index in [4.69, 9.17) is 0 Å². The minimum Gasteiger partial charge on any atom is -0.352 e. The van der Waals surface area contributed by atoms with Crippen LogP contribution in [-0.4, -0.2) is 12.5 Å². The first-order valence-corrected chi connectivity index (χ1v) is 7.22. The van der Waals surface area contributed by atoms with Crippen molar-refractivity contribution in [2.45, 2.75) is 33.6 Å². The summed E-state index contributed by atoms with van der Waals surface area (Å²) < 4.78 is 0. The zero-order valence-corrected chi connectivity index (χ0v) is 12.9. The number of rotatable bonds is 9. The summed E-state index contributed by atoms with van der Waals surface area (Å²) in [6.07, 6.45) is 21.5. The predicted molar refractivity (Wildman–Crippen MR) is 88.5 cm³/mol. The van der Waals surface area contributed by atoms with Crippen LogP contribution in [0.1, 0.15) is 33.6 Å². The van der Waals surface area contributed by atoms with Gasteiger partial charge in [0.2, 0.25) is 5.91 Å². The lowest BCUT2D eigenvalue weighted by atomic mass is 10.2. The highest BCUT2D eigenvalue weighted by molar-refractivity contribution is 5.87. The van der Waals surface area contributed by atoms with E-state index >= 15 is 0 Å². The largest absolute Gasteiger partial charge is 0.352 e. The summed E-state index contributed by atoms with van der Waals surface area (Å²) >= 11 is 0. The van der Waals surface area contributed by atoms with Crippen LogP contribution in [0.15, 0.2) is 60.8 Å². The maximum atomic E-state index is 11.4. The van der Waals surface area contributed by atoms with E-state index in [-0.39, 0.29) is 5.91 Å². The molecule has 0 aliphatic carbocycles. The lowest BCUT2D eigenvalue weighted by Crippen LogP contribution is -2.25. The Morgan fingerprint density at radius 3 is 2.15 bits per heavy atom. The molecule has 0 aromatic carbocycles. The summed E-state index contributed by atoms with van der Waals surface area (Å²) in [4.78, 5) is 11.4. The molecule has 0 saturated heterocycles. The molecule has 0 aliphatic heterocycles. The molecule has 20 heavy (non-hydrogen) atoms. The summed E-state index contributed by atoms with van der Waals surface area (Å²) in [6, 6.07) is 0. The number of hydrogen-bond donors (Lipinski definition) is 1. The summed E-state index contributed by atoms with van der Waals surface area (Å²) in [7, 11) is 0. The van der Waals surface area contributed by atoms with E-state index in [9.17, 15) is 4.79 Å². The third-order valence-electron chi connectivity index (χ3n) is 2.34. The molecule has 1 N–H and O–H groups in total. The van der Waals surface area contributed by atoms with E-state index in [1.165, 1.54) is 0 Å². The van der Waals surface area contributed by atoms with Crippen LogP contribution in [-0.2, 0) is 4.79 Å². The maximum Gasteiger partial charge on any atom is 0.243 e. The van der Waals surface area contributed by atoms with E-state index in [2.05, 4.69) is 31.3 Å². The first-order chi connectivity index (χ1) is 9.66. The van der Waals surface area contributed by atoms with E-state index in [1.807, 2.05) is 43.4 Å². The molecule has 2 heteroatoms. The number of carbonyl (C=O) groups excluding carboxylic acids is 1. The highest BCUT2D eigenvalue weighted by Gasteiger charge is 1.95. The standard InChI is InChI=1S/C18H27NO/c1-4-5-6-7-8-9-10-11-12-13-14-15-18(20)19-16-17(2)3/h4-9,12-15,17H,10-11,16H2,1-3H3,(H,19,20)/b5-4+,7-6+,9-8-,13-12+,15-14+. The van der Waals surface area contributed by atoms with Gasteiger partial charge in [0.1, 0.15) is 0 Å². The van der Waals surface area contributed by atoms with Crippen LogP contribution in [0.2, 0.25) is 0 Å². The van der Waals surface area contributed by atoms with Crippen molar-refractivity contribution in [3.05, 3.63) is 60.8 Å². The molecule has 0 heterocycles. The van der Waals surface area contributed by atoms with Crippen LogP contribution >= 0.6 is 0 Å². The monoisotopic (exact) mass is 273 g/mol. The van der Waals surface area contributed by atoms with Gasteiger partial charge in [-0.25, -0.2) is 0 Å². The Hall–Kier alpha value is -1.83. The quantitative estimate of drug-likeness (QED) is 0.378. The summed E-state index contributed by atoms with van der Waals surface area (Å²) in [5, 5.41) is 2.83. The molecule has 1 amide bonds. The lowest BCUT2D eigenvalue weighted by molar-refractivity contribution is -0.116. The Bertz CT molecular complexity index is 384. The third-order valence-corrected chi connectivity index (χ3v) is 2.34. The molecule has 0 atom stereocenters. The van der Waals surface area contributed by atoms with E-state index in [1.54, 1.807) is 12.2 Å². The van der Waals surface area contributed by atoms with Gasteiger partial charge in [0, 0.05) is 12.6 Å². The Labute approximate surface area is 123 Å². The molecule has 110 valence electrons. The highest BCUT2D eigenvalue weighted by Crippen LogP contribution is 1.94. The van der Waals surface area contributed by atoms with Gasteiger partial charge in [-0.3, -0.25) is 4.79 Å². The van der Waals surface area contributed by atoms with Crippen molar-refractivity contribution in [3.8, 4) is 0 Å². The molecule has 0 aromatic rings. The molecule has 2 nitrogen and oxygen atoms in total. The second-order valence-corrected chi connectivity index (χ2v) is 4.84. The summed E-state index contributed by atoms with van der Waals surface area (Å²) in [5.74, 6) is 0.453. The first-order valence-electron chi connectivity index (χ1n) is 7.22. The molecule has 0 radical (unpaired) electrons. The van der Waals surface area contributed by atoms with Gasteiger partial charge < -0.3 is 5.32 Å². The van der Waals surface area contributed by atoms with Gasteiger partial charge >= 0.3 is 0 Å². The van der Waals surface area contributed by atoms with Gasteiger partial charge in [-0.15, -0.1) is 0 Å². The van der Waals surface area contributed by atoms with Gasteiger partial charge in [0.15, 0.2) is 0 Å². The average Bonchev–Trinajstić information content (AvgIpc) is 2.42. The predicted octanol–water partition coefficient (Wildman–Crippen LogP) is 4.34. The molecular formula is C18H27NO. The minimum absolute atomic E-state index is 0.0302. The van der Waals surface area contributed by atoms with Crippen LogP contribution < -0.4 is 5.32 Å². The number of carbonyl (C=O) groups is 1. The fourth-order valence-corrected chi connectivity index (χ4v) is 1.29. The molecule has 0 rings (SSSR count). The van der Waals surface area contributed by atoms with Crippen molar-refractivity contribution < 1.29 is 4.79 Å². The molecule has 0 spiro atoms. The average molecular weight is 273 g/mol. The van der Waals surface area contributed by atoms with Gasteiger partial charge in [-0.1, -0.05) is 68.5 Å². The third kappa shape index (κ3) is 14.2. The number of allylic oxidation sites excluding steroid dienone is 9. The maximum absolute atomic E-state index is 11.4. The van der Waals surface area contributed by atoms with E-state index in [0.717, 1.165) is 19.4 Å². The molecule has 0 fully saturated rings. The highest BCUT2D eigenvalue weighted by atomic mass is 16.1. The van der Waals surface area contributed by atoms with Crippen LogP contribution in [0.25, 0.3) is 0 Å². The molecule has 0 aliphatic rings. The second kappa shape index (κ2) is 13.6. The number of unbranched alkanes of at least 4 members (excludes halogenated alkanes) is 1. The van der Waals surface area contributed by atoms with Crippen molar-refractivity contribution >= 4 is 5.91 Å². The van der Waals surface area contributed by atoms with Crippen LogP contribution in [0.4, 0.5) is 0 Å². The van der Waals surface area contributed by atoms with E-state index in [0.29, 0.717) is 5.92 Å². The molecular weight excluding hydrogens is 246 g/mol. The van der Waals surface area contributed by atoms with Crippen LogP contribution in [0.5, 0.6) is 0 Å². The van der Waals surface area contributed by atoms with E-state index < -0.39 is 0 Å². The zero-order chi connectivity index (χ0) is 15.1. The van der Waals surface area contributed by atoms with Crippen molar-refractivity contribution in [1.29, 1.82) is 0 Å². The molecule has 0 bridgehead atoms. The Morgan fingerprint density at radius 2 is 1.55 bits per heavy atom. The zero-order valence-electron chi connectivity index (χ0n) is 12.9. The lowest BCUT2D eigenvalue weighted by Gasteiger charge is -2.03. The minimum atomic E-state index is -0.0302.